The highest BCUT2D eigenvalue weighted by atomic mass is 16.3. The van der Waals surface area contributed by atoms with Crippen LogP contribution >= 0.6 is 0 Å². The first-order valence-electron chi connectivity index (χ1n) is 11.5. The van der Waals surface area contributed by atoms with Gasteiger partial charge in [0, 0.05) is 38.2 Å². The zero-order chi connectivity index (χ0) is 22.4. The van der Waals surface area contributed by atoms with Gasteiger partial charge in [0.05, 0.1) is 29.2 Å². The fourth-order valence-corrected chi connectivity index (χ4v) is 4.61. The summed E-state index contributed by atoms with van der Waals surface area (Å²) in [7, 11) is 4.00. The van der Waals surface area contributed by atoms with Gasteiger partial charge in [0.25, 0.3) is 0 Å². The molecule has 2 N–H and O–H groups in total. The molecule has 0 radical (unpaired) electrons. The van der Waals surface area contributed by atoms with Crippen LogP contribution in [0, 0.1) is 6.92 Å². The first-order valence-corrected chi connectivity index (χ1v) is 11.5. The van der Waals surface area contributed by atoms with E-state index in [1.165, 1.54) is 5.56 Å². The molecule has 6 nitrogen and oxygen atoms in total. The Morgan fingerprint density at radius 1 is 1.16 bits per heavy atom. The van der Waals surface area contributed by atoms with Crippen LogP contribution < -0.4 is 10.2 Å². The summed E-state index contributed by atoms with van der Waals surface area (Å²) in [6.07, 6.45) is 5.18. The normalized spacial score (nSPS) is 19.7. The molecule has 6 heteroatoms. The molecule has 2 aromatic heterocycles. The zero-order valence-electron chi connectivity index (χ0n) is 19.3. The van der Waals surface area contributed by atoms with E-state index in [0.29, 0.717) is 12.3 Å². The molecule has 2 aliphatic rings. The van der Waals surface area contributed by atoms with Gasteiger partial charge in [0.1, 0.15) is 11.6 Å². The van der Waals surface area contributed by atoms with Crippen molar-refractivity contribution in [2.24, 2.45) is 0 Å². The van der Waals surface area contributed by atoms with Crippen LogP contribution in [0.3, 0.4) is 0 Å². The number of pyridine rings is 1. The number of aliphatic hydroxyl groups is 1. The van der Waals surface area contributed by atoms with E-state index in [-0.39, 0.29) is 6.04 Å². The number of nitrogens with one attached hydrogen (secondary N) is 1. The SMILES string of the molecule is CCc1nc(-c2cnc(N(C)C)cc2C)c(C2CC2)nc1NC1c2ccccc2C[C@@H]1O. The number of benzene rings is 1. The highest BCUT2D eigenvalue weighted by Gasteiger charge is 2.34. The monoisotopic (exact) mass is 429 g/mol. The van der Waals surface area contributed by atoms with Crippen molar-refractivity contribution in [3.8, 4) is 11.3 Å². The van der Waals surface area contributed by atoms with E-state index in [4.69, 9.17) is 9.97 Å². The van der Waals surface area contributed by atoms with E-state index in [1.54, 1.807) is 0 Å². The van der Waals surface area contributed by atoms with Crippen molar-refractivity contribution in [1.82, 2.24) is 15.0 Å². The molecule has 1 aromatic carbocycles. The number of fused-ring (bicyclic) bond motifs is 1. The van der Waals surface area contributed by atoms with Crippen LogP contribution in [0.25, 0.3) is 11.3 Å². The van der Waals surface area contributed by atoms with E-state index < -0.39 is 6.10 Å². The predicted molar refractivity (Wildman–Crippen MR) is 128 cm³/mol. The highest BCUT2D eigenvalue weighted by molar-refractivity contribution is 5.69. The second kappa shape index (κ2) is 8.17. The molecule has 0 amide bonds. The Labute approximate surface area is 189 Å². The lowest BCUT2D eigenvalue weighted by Gasteiger charge is -2.22. The van der Waals surface area contributed by atoms with Crippen LogP contribution in [0.15, 0.2) is 36.5 Å². The van der Waals surface area contributed by atoms with Gasteiger partial charge in [0.15, 0.2) is 0 Å². The third-order valence-electron chi connectivity index (χ3n) is 6.60. The van der Waals surface area contributed by atoms with Gasteiger partial charge in [-0.2, -0.15) is 0 Å². The minimum absolute atomic E-state index is 0.161. The van der Waals surface area contributed by atoms with Gasteiger partial charge in [-0.25, -0.2) is 15.0 Å². The number of anilines is 2. The number of aromatic nitrogens is 3. The number of hydrogen-bond donors (Lipinski definition) is 2. The molecule has 0 spiro atoms. The summed E-state index contributed by atoms with van der Waals surface area (Å²) in [6.45, 7) is 4.22. The lowest BCUT2D eigenvalue weighted by atomic mass is 10.0. The Morgan fingerprint density at radius 2 is 1.94 bits per heavy atom. The molecule has 0 saturated heterocycles. The molecule has 2 aliphatic carbocycles. The van der Waals surface area contributed by atoms with Crippen molar-refractivity contribution in [1.29, 1.82) is 0 Å². The summed E-state index contributed by atoms with van der Waals surface area (Å²) in [6, 6.07) is 10.2. The molecule has 3 aromatic rings. The standard InChI is InChI=1S/C26H31N5O/c1-5-20-26(30-24-18-9-7-6-8-17(18)13-21(24)32)29-23(16-10-11-16)25(28-20)19-14-27-22(31(3)4)12-15(19)2/h6-9,12,14,16,21,24,32H,5,10-11,13H2,1-4H3,(H,29,30)/t21-,24?/m0/s1. The first-order chi connectivity index (χ1) is 15.5. The van der Waals surface area contributed by atoms with Crippen molar-refractivity contribution >= 4 is 11.6 Å². The summed E-state index contributed by atoms with van der Waals surface area (Å²) in [5, 5.41) is 14.3. The van der Waals surface area contributed by atoms with E-state index in [9.17, 15) is 5.11 Å². The van der Waals surface area contributed by atoms with Gasteiger partial charge >= 0.3 is 0 Å². The van der Waals surface area contributed by atoms with Crippen LogP contribution in [-0.4, -0.2) is 40.3 Å². The molecule has 2 atom stereocenters. The maximum atomic E-state index is 10.7. The van der Waals surface area contributed by atoms with Crippen molar-refractivity contribution in [2.75, 3.05) is 24.3 Å². The fourth-order valence-electron chi connectivity index (χ4n) is 4.61. The Hall–Kier alpha value is -2.99. The molecule has 5 rings (SSSR count). The van der Waals surface area contributed by atoms with Crippen molar-refractivity contribution in [2.45, 2.75) is 57.6 Å². The van der Waals surface area contributed by atoms with E-state index in [0.717, 1.165) is 64.7 Å². The van der Waals surface area contributed by atoms with E-state index in [1.807, 2.05) is 37.3 Å². The third kappa shape index (κ3) is 3.73. The van der Waals surface area contributed by atoms with Gasteiger partial charge in [-0.15, -0.1) is 0 Å². The number of nitrogens with zero attached hydrogens (tertiary/aromatic N) is 4. The highest BCUT2D eigenvalue weighted by Crippen LogP contribution is 2.45. The molecule has 2 heterocycles. The second-order valence-electron chi connectivity index (χ2n) is 9.22. The summed E-state index contributed by atoms with van der Waals surface area (Å²) in [5.74, 6) is 2.18. The average molecular weight is 430 g/mol. The topological polar surface area (TPSA) is 74.2 Å². The minimum atomic E-state index is -0.465. The Kier molecular flexibility index (Phi) is 5.33. The molecular formula is C26H31N5O. The lowest BCUT2D eigenvalue weighted by Crippen LogP contribution is -2.23. The lowest BCUT2D eigenvalue weighted by molar-refractivity contribution is 0.165. The number of aryl methyl sites for hydroxylation is 2. The molecular weight excluding hydrogens is 398 g/mol. The van der Waals surface area contributed by atoms with Gasteiger partial charge in [-0.05, 0) is 48.9 Å². The predicted octanol–water partition coefficient (Wildman–Crippen LogP) is 4.42. The molecule has 32 heavy (non-hydrogen) atoms. The fraction of sp³-hybridized carbons (Fsp3) is 0.423. The quantitative estimate of drug-likeness (QED) is 0.604. The summed E-state index contributed by atoms with van der Waals surface area (Å²) >= 11 is 0. The maximum Gasteiger partial charge on any atom is 0.148 e. The zero-order valence-corrected chi connectivity index (χ0v) is 19.3. The number of aliphatic hydroxyl groups excluding tert-OH is 1. The van der Waals surface area contributed by atoms with Gasteiger partial charge < -0.3 is 15.3 Å². The summed E-state index contributed by atoms with van der Waals surface area (Å²) in [5.41, 5.74) is 7.49. The van der Waals surface area contributed by atoms with Crippen LogP contribution in [0.1, 0.15) is 59.8 Å². The van der Waals surface area contributed by atoms with Crippen molar-refractivity contribution < 1.29 is 5.11 Å². The third-order valence-corrected chi connectivity index (χ3v) is 6.60. The van der Waals surface area contributed by atoms with Crippen LogP contribution in [-0.2, 0) is 12.8 Å². The van der Waals surface area contributed by atoms with E-state index in [2.05, 4.69) is 42.3 Å². The van der Waals surface area contributed by atoms with Crippen LogP contribution in [0.2, 0.25) is 0 Å². The average Bonchev–Trinajstić information content (AvgIpc) is 3.58. The van der Waals surface area contributed by atoms with E-state index >= 15 is 0 Å². The maximum absolute atomic E-state index is 10.7. The molecule has 1 saturated carbocycles. The van der Waals surface area contributed by atoms with Gasteiger partial charge in [0.2, 0.25) is 0 Å². The largest absolute Gasteiger partial charge is 0.390 e. The Morgan fingerprint density at radius 3 is 2.62 bits per heavy atom. The molecule has 0 aliphatic heterocycles. The summed E-state index contributed by atoms with van der Waals surface area (Å²) in [4.78, 5) is 16.9. The molecule has 0 bridgehead atoms. The Balaban J connectivity index is 1.56. The molecule has 1 fully saturated rings. The first kappa shape index (κ1) is 20.9. The summed E-state index contributed by atoms with van der Waals surface area (Å²) < 4.78 is 0. The van der Waals surface area contributed by atoms with Crippen LogP contribution in [0.4, 0.5) is 11.6 Å². The smallest absolute Gasteiger partial charge is 0.148 e. The van der Waals surface area contributed by atoms with Crippen molar-refractivity contribution in [3.63, 3.8) is 0 Å². The van der Waals surface area contributed by atoms with Gasteiger partial charge in [-0.3, -0.25) is 0 Å². The number of rotatable bonds is 6. The number of hydrogen-bond acceptors (Lipinski definition) is 6. The Bertz CT molecular complexity index is 1150. The second-order valence-corrected chi connectivity index (χ2v) is 9.22. The molecule has 166 valence electrons. The minimum Gasteiger partial charge on any atom is -0.390 e. The van der Waals surface area contributed by atoms with Crippen molar-refractivity contribution in [3.05, 3.63) is 64.6 Å². The van der Waals surface area contributed by atoms with Gasteiger partial charge in [-0.1, -0.05) is 31.2 Å². The van der Waals surface area contributed by atoms with Crippen LogP contribution in [0.5, 0.6) is 0 Å². The molecule has 1 unspecified atom stereocenters.